The van der Waals surface area contributed by atoms with Crippen molar-refractivity contribution in [2.24, 2.45) is 5.92 Å². The number of hydrogen-bond acceptors (Lipinski definition) is 4. The Kier molecular flexibility index (Phi) is 6.36. The number of aromatic nitrogens is 1. The molecule has 2 aromatic carbocycles. The van der Waals surface area contributed by atoms with E-state index in [0.717, 1.165) is 49.2 Å². The van der Waals surface area contributed by atoms with Gasteiger partial charge in [0.05, 0.1) is 11.1 Å². The molecule has 2 aromatic heterocycles. The van der Waals surface area contributed by atoms with Crippen LogP contribution >= 0.6 is 11.3 Å². The van der Waals surface area contributed by atoms with Crippen LogP contribution in [0.5, 0.6) is 0 Å². The lowest BCUT2D eigenvalue weighted by atomic mass is 9.87. The van der Waals surface area contributed by atoms with Crippen molar-refractivity contribution >= 4 is 28.1 Å². The molecule has 0 spiro atoms. The summed E-state index contributed by atoms with van der Waals surface area (Å²) in [6.45, 7) is 4.93. The van der Waals surface area contributed by atoms with Gasteiger partial charge in [-0.15, -0.1) is 0 Å². The van der Waals surface area contributed by atoms with Gasteiger partial charge in [-0.05, 0) is 77.9 Å². The summed E-state index contributed by atoms with van der Waals surface area (Å²) in [7, 11) is 0. The molecule has 4 heterocycles. The number of carbonyl (C=O) groups excluding carboxylic acids is 1. The van der Waals surface area contributed by atoms with Crippen LogP contribution < -0.4 is 0 Å². The fraction of sp³-hybridized carbons (Fsp3) is 0.333. The second-order valence-electron chi connectivity index (χ2n) is 9.99. The highest BCUT2D eigenvalue weighted by atomic mass is 32.1. The van der Waals surface area contributed by atoms with Crippen molar-refractivity contribution in [2.75, 3.05) is 32.7 Å². The number of thiophene rings is 1. The topological polar surface area (TPSA) is 36.4 Å². The molecule has 4 aromatic rings. The van der Waals surface area contributed by atoms with E-state index >= 15 is 0 Å². The van der Waals surface area contributed by atoms with Gasteiger partial charge >= 0.3 is 0 Å². The van der Waals surface area contributed by atoms with Crippen LogP contribution in [0.2, 0.25) is 0 Å². The maximum absolute atomic E-state index is 13.7. The second kappa shape index (κ2) is 9.92. The first-order valence-corrected chi connectivity index (χ1v) is 13.6. The summed E-state index contributed by atoms with van der Waals surface area (Å²) in [6.07, 6.45) is 4.19. The van der Waals surface area contributed by atoms with Gasteiger partial charge in [0, 0.05) is 37.1 Å². The number of rotatable bonds is 5. The van der Waals surface area contributed by atoms with E-state index in [0.29, 0.717) is 17.8 Å². The van der Waals surface area contributed by atoms with Gasteiger partial charge in [-0.1, -0.05) is 48.5 Å². The Bertz CT molecular complexity index is 1280. The highest BCUT2D eigenvalue weighted by molar-refractivity contribution is 7.08. The number of piperidine rings is 1. The molecule has 0 aliphatic carbocycles. The fourth-order valence-electron chi connectivity index (χ4n) is 6.04. The molecule has 2 saturated heterocycles. The van der Waals surface area contributed by atoms with E-state index in [1.807, 2.05) is 30.3 Å². The molecule has 0 unspecified atom stereocenters. The van der Waals surface area contributed by atoms with Crippen LogP contribution in [0.4, 0.5) is 0 Å². The normalized spacial score (nSPS) is 21.5. The number of carbonyl (C=O) groups is 1. The Hall–Kier alpha value is -3.02. The predicted octanol–water partition coefficient (Wildman–Crippen LogP) is 6.03. The SMILES string of the molecule is O=C(c1ccnc2ccccc12)N1C[C@H](CN2CCC(c3ccccc3)CC2)[C@H](c2ccsc2)C1. The zero-order valence-corrected chi connectivity index (χ0v) is 20.7. The van der Waals surface area contributed by atoms with Crippen molar-refractivity contribution in [2.45, 2.75) is 24.7 Å². The molecule has 0 bridgehead atoms. The average molecular weight is 482 g/mol. The van der Waals surface area contributed by atoms with Crippen LogP contribution in [0.15, 0.2) is 83.7 Å². The molecular weight excluding hydrogens is 450 g/mol. The molecule has 0 N–H and O–H groups in total. The first-order valence-electron chi connectivity index (χ1n) is 12.7. The lowest BCUT2D eigenvalue weighted by Gasteiger charge is -2.34. The molecule has 2 atom stereocenters. The van der Waals surface area contributed by atoms with E-state index in [1.165, 1.54) is 24.0 Å². The minimum atomic E-state index is 0.133. The molecule has 35 heavy (non-hydrogen) atoms. The van der Waals surface area contributed by atoms with Crippen LogP contribution in [0, 0.1) is 5.92 Å². The van der Waals surface area contributed by atoms with Gasteiger partial charge in [-0.3, -0.25) is 9.78 Å². The number of likely N-dealkylation sites (tertiary alicyclic amines) is 2. The first kappa shape index (κ1) is 22.4. The van der Waals surface area contributed by atoms with Crippen molar-refractivity contribution in [3.8, 4) is 0 Å². The Morgan fingerprint density at radius 2 is 1.71 bits per heavy atom. The largest absolute Gasteiger partial charge is 0.338 e. The summed E-state index contributed by atoms with van der Waals surface area (Å²) in [5.41, 5.74) is 4.51. The van der Waals surface area contributed by atoms with Gasteiger partial charge in [-0.2, -0.15) is 11.3 Å². The molecule has 1 amide bonds. The molecule has 5 heteroatoms. The van der Waals surface area contributed by atoms with E-state index in [9.17, 15) is 4.79 Å². The van der Waals surface area contributed by atoms with Crippen LogP contribution in [0.3, 0.4) is 0 Å². The average Bonchev–Trinajstić information content (AvgIpc) is 3.59. The number of hydrogen-bond donors (Lipinski definition) is 0. The molecule has 0 radical (unpaired) electrons. The zero-order valence-electron chi connectivity index (χ0n) is 19.9. The van der Waals surface area contributed by atoms with Crippen molar-refractivity contribution in [1.82, 2.24) is 14.8 Å². The van der Waals surface area contributed by atoms with Crippen LogP contribution in [0.1, 0.15) is 46.2 Å². The molecule has 6 rings (SSSR count). The molecule has 0 saturated carbocycles. The molecule has 178 valence electrons. The number of pyridine rings is 1. The molecule has 2 aliphatic rings. The van der Waals surface area contributed by atoms with E-state index < -0.39 is 0 Å². The Morgan fingerprint density at radius 1 is 0.914 bits per heavy atom. The number of benzene rings is 2. The molecular formula is C30H31N3OS. The van der Waals surface area contributed by atoms with E-state index in [-0.39, 0.29) is 5.91 Å². The number of amides is 1. The maximum atomic E-state index is 13.7. The van der Waals surface area contributed by atoms with E-state index in [4.69, 9.17) is 0 Å². The fourth-order valence-corrected chi connectivity index (χ4v) is 6.77. The summed E-state index contributed by atoms with van der Waals surface area (Å²) in [5.74, 6) is 1.65. The standard InChI is InChI=1S/C30H31N3OS/c34-30(27-10-14-31-29-9-5-4-8-26(27)29)33-19-25(28(20-33)24-13-17-35-21-24)18-32-15-11-23(12-16-32)22-6-2-1-3-7-22/h1-10,13-14,17,21,23,25,28H,11-12,15-16,18-20H2/t25-,28-/m0/s1. The van der Waals surface area contributed by atoms with Gasteiger partial charge in [0.25, 0.3) is 5.91 Å². The van der Waals surface area contributed by atoms with Crippen molar-refractivity contribution in [1.29, 1.82) is 0 Å². The van der Waals surface area contributed by atoms with Crippen molar-refractivity contribution in [3.63, 3.8) is 0 Å². The molecule has 4 nitrogen and oxygen atoms in total. The highest BCUT2D eigenvalue weighted by Crippen LogP contribution is 2.37. The lowest BCUT2D eigenvalue weighted by Crippen LogP contribution is -2.38. The monoisotopic (exact) mass is 481 g/mol. The maximum Gasteiger partial charge on any atom is 0.254 e. The number of nitrogens with zero attached hydrogens (tertiary/aromatic N) is 3. The third-order valence-corrected chi connectivity index (χ3v) is 8.63. The molecule has 2 aliphatic heterocycles. The highest BCUT2D eigenvalue weighted by Gasteiger charge is 2.38. The summed E-state index contributed by atoms with van der Waals surface area (Å²) in [4.78, 5) is 22.9. The van der Waals surface area contributed by atoms with Gasteiger partial charge in [0.1, 0.15) is 0 Å². The second-order valence-corrected chi connectivity index (χ2v) is 10.8. The van der Waals surface area contributed by atoms with Gasteiger partial charge in [-0.25, -0.2) is 0 Å². The third kappa shape index (κ3) is 4.63. The van der Waals surface area contributed by atoms with Gasteiger partial charge < -0.3 is 9.80 Å². The van der Waals surface area contributed by atoms with E-state index in [2.05, 4.69) is 61.9 Å². The summed E-state index contributed by atoms with van der Waals surface area (Å²) in [6, 6.07) is 23.0. The summed E-state index contributed by atoms with van der Waals surface area (Å²) in [5, 5.41) is 5.38. The van der Waals surface area contributed by atoms with Gasteiger partial charge in [0.15, 0.2) is 0 Å². The Morgan fingerprint density at radius 3 is 2.51 bits per heavy atom. The first-order chi connectivity index (χ1) is 17.3. The third-order valence-electron chi connectivity index (χ3n) is 7.93. The lowest BCUT2D eigenvalue weighted by molar-refractivity contribution is 0.0783. The number of fused-ring (bicyclic) bond motifs is 1. The smallest absolute Gasteiger partial charge is 0.254 e. The Labute approximate surface area is 211 Å². The van der Waals surface area contributed by atoms with Crippen LogP contribution in [-0.2, 0) is 0 Å². The number of para-hydroxylation sites is 1. The minimum Gasteiger partial charge on any atom is -0.338 e. The molecule has 2 fully saturated rings. The van der Waals surface area contributed by atoms with Crippen molar-refractivity contribution < 1.29 is 4.79 Å². The Balaban J connectivity index is 1.18. The summed E-state index contributed by atoms with van der Waals surface area (Å²) >= 11 is 1.76. The predicted molar refractivity (Wildman–Crippen MR) is 143 cm³/mol. The van der Waals surface area contributed by atoms with Crippen LogP contribution in [0.25, 0.3) is 10.9 Å². The van der Waals surface area contributed by atoms with E-state index in [1.54, 1.807) is 17.5 Å². The summed E-state index contributed by atoms with van der Waals surface area (Å²) < 4.78 is 0. The quantitative estimate of drug-likeness (QED) is 0.349. The zero-order chi connectivity index (χ0) is 23.6. The van der Waals surface area contributed by atoms with Crippen molar-refractivity contribution in [3.05, 3.63) is 100 Å². The van der Waals surface area contributed by atoms with Crippen LogP contribution in [-0.4, -0.2) is 53.4 Å². The minimum absolute atomic E-state index is 0.133. The van der Waals surface area contributed by atoms with Gasteiger partial charge in [0.2, 0.25) is 0 Å².